The molecule has 0 saturated carbocycles. The molecule has 0 amide bonds. The molecule has 1 heterocycles. The molecule has 0 radical (unpaired) electrons. The van der Waals surface area contributed by atoms with E-state index in [4.69, 9.17) is 32.7 Å². The van der Waals surface area contributed by atoms with E-state index in [9.17, 15) is 4.79 Å². The number of rotatable bonds is 8. The Labute approximate surface area is 235 Å². The maximum atomic E-state index is 13.2. The molecular weight excluding hydrogens is 633 g/mol. The third-order valence-corrected chi connectivity index (χ3v) is 7.24. The first-order chi connectivity index (χ1) is 17.3. The zero-order chi connectivity index (χ0) is 25.8. The van der Waals surface area contributed by atoms with Crippen molar-refractivity contribution in [3.8, 4) is 11.5 Å². The van der Waals surface area contributed by atoms with Gasteiger partial charge in [0, 0.05) is 20.9 Å². The van der Waals surface area contributed by atoms with Crippen LogP contribution in [0.2, 0.25) is 10.0 Å². The lowest BCUT2D eigenvalue weighted by Crippen LogP contribution is -2.22. The van der Waals surface area contributed by atoms with Crippen LogP contribution in [0, 0.1) is 0 Å². The lowest BCUT2D eigenvalue weighted by molar-refractivity contribution is 0.284. The number of benzene rings is 3. The molecule has 0 fully saturated rings. The molecule has 4 rings (SSSR count). The van der Waals surface area contributed by atoms with Gasteiger partial charge < -0.3 is 9.47 Å². The lowest BCUT2D eigenvalue weighted by atomic mass is 10.2. The summed E-state index contributed by atoms with van der Waals surface area (Å²) in [6.07, 6.45) is 3.04. The fourth-order valence-corrected chi connectivity index (χ4v) is 4.64. The van der Waals surface area contributed by atoms with Gasteiger partial charge >= 0.3 is 0 Å². The molecule has 3 aromatic carbocycles. The largest absolute Gasteiger partial charge is 0.493 e. The van der Waals surface area contributed by atoms with Crippen LogP contribution in [0.3, 0.4) is 0 Å². The van der Waals surface area contributed by atoms with E-state index in [2.05, 4.69) is 41.9 Å². The van der Waals surface area contributed by atoms with Crippen LogP contribution in [0.25, 0.3) is 10.9 Å². The van der Waals surface area contributed by atoms with Crippen LogP contribution in [0.1, 0.15) is 30.3 Å². The van der Waals surface area contributed by atoms with Gasteiger partial charge in [-0.3, -0.25) is 4.79 Å². The van der Waals surface area contributed by atoms with E-state index in [0.29, 0.717) is 50.3 Å². The van der Waals surface area contributed by atoms with Gasteiger partial charge in [0.2, 0.25) is 0 Å². The molecule has 36 heavy (non-hydrogen) atoms. The van der Waals surface area contributed by atoms with Crippen molar-refractivity contribution in [1.29, 1.82) is 0 Å². The van der Waals surface area contributed by atoms with Crippen LogP contribution < -0.4 is 15.0 Å². The first kappa shape index (κ1) is 26.7. The monoisotopic (exact) mass is 651 g/mol. The van der Waals surface area contributed by atoms with Gasteiger partial charge in [-0.15, -0.1) is 0 Å². The molecule has 10 heteroatoms. The number of methoxy groups -OCH3 is 1. The molecule has 0 aliphatic heterocycles. The molecule has 186 valence electrons. The summed E-state index contributed by atoms with van der Waals surface area (Å²) in [6.45, 7) is 2.31. The molecule has 0 aliphatic rings. The summed E-state index contributed by atoms with van der Waals surface area (Å²) in [7, 11) is 1.56. The zero-order valence-electron chi connectivity index (χ0n) is 19.4. The van der Waals surface area contributed by atoms with Crippen molar-refractivity contribution in [2.75, 3.05) is 7.11 Å². The Morgan fingerprint density at radius 2 is 1.86 bits per heavy atom. The number of aryl methyl sites for hydroxylation is 1. The Hall–Kier alpha value is -2.39. The summed E-state index contributed by atoms with van der Waals surface area (Å²) in [6, 6.07) is 14.4. The minimum atomic E-state index is -0.231. The third-order valence-electron chi connectivity index (χ3n) is 5.32. The van der Waals surface area contributed by atoms with E-state index in [0.717, 1.165) is 20.9 Å². The Balaban J connectivity index is 1.66. The van der Waals surface area contributed by atoms with Crippen molar-refractivity contribution in [3.05, 3.63) is 94.8 Å². The van der Waals surface area contributed by atoms with E-state index in [1.54, 1.807) is 43.7 Å². The highest BCUT2D eigenvalue weighted by atomic mass is 79.9. The first-order valence-electron chi connectivity index (χ1n) is 11.0. The molecule has 0 saturated heterocycles. The number of hydrogen-bond donors (Lipinski definition) is 0. The van der Waals surface area contributed by atoms with Gasteiger partial charge in [0.05, 0.1) is 34.3 Å². The molecule has 6 nitrogen and oxygen atoms in total. The topological polar surface area (TPSA) is 65.7 Å². The third kappa shape index (κ3) is 5.94. The van der Waals surface area contributed by atoms with Crippen molar-refractivity contribution in [2.24, 2.45) is 5.10 Å². The number of halogens is 4. The number of aromatic nitrogens is 2. The van der Waals surface area contributed by atoms with E-state index < -0.39 is 0 Å². The summed E-state index contributed by atoms with van der Waals surface area (Å²) in [5, 5.41) is 5.94. The van der Waals surface area contributed by atoms with E-state index >= 15 is 0 Å². The predicted molar refractivity (Wildman–Crippen MR) is 152 cm³/mol. The average Bonchev–Trinajstić information content (AvgIpc) is 2.86. The fraction of sp³-hybridized carbons (Fsp3) is 0.192. The molecule has 4 aromatic rings. The lowest BCUT2D eigenvalue weighted by Gasteiger charge is -2.13. The quantitative estimate of drug-likeness (QED) is 0.183. The molecule has 1 aromatic heterocycles. The minimum absolute atomic E-state index is 0.231. The Morgan fingerprint density at radius 1 is 1.06 bits per heavy atom. The van der Waals surface area contributed by atoms with Crippen LogP contribution in [-0.4, -0.2) is 23.0 Å². The molecule has 0 spiro atoms. The van der Waals surface area contributed by atoms with Crippen LogP contribution in [-0.2, 0) is 13.0 Å². The maximum absolute atomic E-state index is 13.2. The second-order valence-electron chi connectivity index (χ2n) is 7.86. The van der Waals surface area contributed by atoms with Gasteiger partial charge in [-0.2, -0.15) is 9.78 Å². The Kier molecular flexibility index (Phi) is 8.72. The van der Waals surface area contributed by atoms with E-state index in [1.165, 1.54) is 4.68 Å². The van der Waals surface area contributed by atoms with Crippen molar-refractivity contribution >= 4 is 72.2 Å². The number of hydrogen-bond acceptors (Lipinski definition) is 5. The second-order valence-corrected chi connectivity index (χ2v) is 10.4. The van der Waals surface area contributed by atoms with Crippen molar-refractivity contribution in [1.82, 2.24) is 9.66 Å². The first-order valence-corrected chi connectivity index (χ1v) is 13.3. The van der Waals surface area contributed by atoms with Gasteiger partial charge in [-0.25, -0.2) is 4.98 Å². The zero-order valence-corrected chi connectivity index (χ0v) is 24.1. The van der Waals surface area contributed by atoms with Crippen LogP contribution >= 0.6 is 55.1 Å². The average molecular weight is 654 g/mol. The molecule has 0 bridgehead atoms. The molecule has 0 aliphatic carbocycles. The van der Waals surface area contributed by atoms with Crippen LogP contribution in [0.4, 0.5) is 0 Å². The predicted octanol–water partition coefficient (Wildman–Crippen LogP) is 7.65. The van der Waals surface area contributed by atoms with E-state index in [-0.39, 0.29) is 12.2 Å². The fourth-order valence-electron chi connectivity index (χ4n) is 3.53. The summed E-state index contributed by atoms with van der Waals surface area (Å²) in [4.78, 5) is 17.9. The number of nitrogens with zero attached hydrogens (tertiary/aromatic N) is 3. The Bertz CT molecular complexity index is 1520. The molecule has 0 atom stereocenters. The highest BCUT2D eigenvalue weighted by molar-refractivity contribution is 9.10. The standard InChI is InChI=1S/C26H21Br2Cl2N3O3/c1-3-4-25-32-22-8-6-17(27)11-18(22)26(34)33(25)31-13-16-10-23(35-2)24(12-19(16)28)36-14-15-5-7-20(29)21(30)9-15/h5-13H,3-4,14H2,1-2H3. The highest BCUT2D eigenvalue weighted by Crippen LogP contribution is 2.34. The molecular formula is C26H21Br2Cl2N3O3. The van der Waals surface area contributed by atoms with Crippen molar-refractivity contribution in [3.63, 3.8) is 0 Å². The summed E-state index contributed by atoms with van der Waals surface area (Å²) >= 11 is 19.1. The maximum Gasteiger partial charge on any atom is 0.282 e. The smallest absolute Gasteiger partial charge is 0.282 e. The molecule has 0 unspecified atom stereocenters. The van der Waals surface area contributed by atoms with Crippen LogP contribution in [0.15, 0.2) is 67.4 Å². The van der Waals surface area contributed by atoms with Gasteiger partial charge in [0.1, 0.15) is 12.4 Å². The van der Waals surface area contributed by atoms with Crippen LogP contribution in [0.5, 0.6) is 11.5 Å². The van der Waals surface area contributed by atoms with Gasteiger partial charge in [0.25, 0.3) is 5.56 Å². The Morgan fingerprint density at radius 3 is 2.58 bits per heavy atom. The summed E-state index contributed by atoms with van der Waals surface area (Å²) in [5.74, 6) is 1.65. The van der Waals surface area contributed by atoms with Gasteiger partial charge in [-0.1, -0.05) is 52.1 Å². The van der Waals surface area contributed by atoms with Crippen molar-refractivity contribution < 1.29 is 9.47 Å². The summed E-state index contributed by atoms with van der Waals surface area (Å²) in [5.41, 5.74) is 1.99. The van der Waals surface area contributed by atoms with Gasteiger partial charge in [-0.05, 0) is 70.4 Å². The summed E-state index contributed by atoms with van der Waals surface area (Å²) < 4.78 is 14.4. The van der Waals surface area contributed by atoms with Gasteiger partial charge in [0.15, 0.2) is 11.5 Å². The number of fused-ring (bicyclic) bond motifs is 1. The molecule has 0 N–H and O–H groups in total. The number of ether oxygens (including phenoxy) is 2. The highest BCUT2D eigenvalue weighted by Gasteiger charge is 2.13. The second kappa shape index (κ2) is 11.8. The van der Waals surface area contributed by atoms with Crippen molar-refractivity contribution in [2.45, 2.75) is 26.4 Å². The normalized spacial score (nSPS) is 11.4. The minimum Gasteiger partial charge on any atom is -0.493 e. The SMILES string of the molecule is CCCc1nc2ccc(Br)cc2c(=O)n1N=Cc1cc(OC)c(OCc2ccc(Cl)c(Cl)c2)cc1Br. The van der Waals surface area contributed by atoms with E-state index in [1.807, 2.05) is 25.1 Å².